The van der Waals surface area contributed by atoms with Crippen molar-refractivity contribution in [3.63, 3.8) is 0 Å². The number of hydrogen-bond acceptors (Lipinski definition) is 3. The van der Waals surface area contributed by atoms with E-state index in [4.69, 9.17) is 5.73 Å². The Morgan fingerprint density at radius 1 is 1.25 bits per heavy atom. The number of hydrogen-bond donors (Lipinski definition) is 1. The average Bonchev–Trinajstić information content (AvgIpc) is 3.30. The number of carbonyl (C=O) groups excluding carboxylic acids is 1. The maximum Gasteiger partial charge on any atom is 0.254 e. The maximum atomic E-state index is 12.6. The van der Waals surface area contributed by atoms with Crippen molar-refractivity contribution in [3.8, 4) is 0 Å². The van der Waals surface area contributed by atoms with Crippen molar-refractivity contribution in [1.82, 2.24) is 9.88 Å². The topological polar surface area (TPSA) is 59.2 Å². The highest BCUT2D eigenvalue weighted by Crippen LogP contribution is 2.30. The molecule has 0 radical (unpaired) electrons. The zero-order valence-electron chi connectivity index (χ0n) is 11.2. The predicted molar refractivity (Wildman–Crippen MR) is 78.0 cm³/mol. The third-order valence-corrected chi connectivity index (χ3v) is 3.48. The molecule has 4 heteroatoms. The van der Waals surface area contributed by atoms with Crippen LogP contribution in [0.3, 0.4) is 0 Å². The number of carbonyl (C=O) groups is 1. The first kappa shape index (κ1) is 12.7. The highest BCUT2D eigenvalue weighted by Gasteiger charge is 2.33. The highest BCUT2D eigenvalue weighted by atomic mass is 16.2. The zero-order valence-corrected chi connectivity index (χ0v) is 11.2. The lowest BCUT2D eigenvalue weighted by molar-refractivity contribution is 0.0730. The van der Waals surface area contributed by atoms with Crippen LogP contribution in [0.4, 0.5) is 5.69 Å². The molecule has 4 nitrogen and oxygen atoms in total. The van der Waals surface area contributed by atoms with E-state index in [0.717, 1.165) is 24.1 Å². The van der Waals surface area contributed by atoms with E-state index in [0.29, 0.717) is 18.2 Å². The molecular formula is C16H17N3O. The van der Waals surface area contributed by atoms with Crippen LogP contribution in [0.15, 0.2) is 48.8 Å². The molecule has 3 rings (SSSR count). The molecule has 2 N–H and O–H groups in total. The summed E-state index contributed by atoms with van der Waals surface area (Å²) in [6, 6.07) is 11.6. The highest BCUT2D eigenvalue weighted by molar-refractivity contribution is 5.94. The summed E-state index contributed by atoms with van der Waals surface area (Å²) in [6.07, 6.45) is 5.47. The fraction of sp³-hybridized carbons (Fsp3) is 0.250. The molecule has 0 saturated heterocycles. The van der Waals surface area contributed by atoms with Gasteiger partial charge in [-0.2, -0.15) is 0 Å². The number of anilines is 1. The minimum Gasteiger partial charge on any atom is -0.399 e. The SMILES string of the molecule is Nc1cccc(CN(C(=O)c2ccncc2)C2CC2)c1. The van der Waals surface area contributed by atoms with Crippen molar-refractivity contribution in [2.45, 2.75) is 25.4 Å². The zero-order chi connectivity index (χ0) is 13.9. The molecule has 1 saturated carbocycles. The van der Waals surface area contributed by atoms with Crippen LogP contribution < -0.4 is 5.73 Å². The first-order valence-electron chi connectivity index (χ1n) is 6.79. The number of rotatable bonds is 4. The van der Waals surface area contributed by atoms with Crippen molar-refractivity contribution in [2.24, 2.45) is 0 Å². The standard InChI is InChI=1S/C16H17N3O/c17-14-3-1-2-12(10-14)11-19(15-4-5-15)16(20)13-6-8-18-9-7-13/h1-3,6-10,15H,4-5,11,17H2. The summed E-state index contributed by atoms with van der Waals surface area (Å²) < 4.78 is 0. The predicted octanol–water partition coefficient (Wildman–Crippen LogP) is 2.47. The minimum absolute atomic E-state index is 0.0670. The van der Waals surface area contributed by atoms with E-state index in [1.807, 2.05) is 29.2 Å². The summed E-state index contributed by atoms with van der Waals surface area (Å²) in [6.45, 7) is 0.608. The Morgan fingerprint density at radius 2 is 2.00 bits per heavy atom. The molecule has 0 spiro atoms. The summed E-state index contributed by atoms with van der Waals surface area (Å²) in [7, 11) is 0. The van der Waals surface area contributed by atoms with Crippen LogP contribution in [0.2, 0.25) is 0 Å². The lowest BCUT2D eigenvalue weighted by Crippen LogP contribution is -2.32. The molecule has 1 heterocycles. The number of pyridine rings is 1. The second-order valence-electron chi connectivity index (χ2n) is 5.15. The van der Waals surface area contributed by atoms with Gasteiger partial charge in [0.25, 0.3) is 5.91 Å². The van der Waals surface area contributed by atoms with Crippen molar-refractivity contribution in [2.75, 3.05) is 5.73 Å². The molecule has 0 atom stereocenters. The summed E-state index contributed by atoms with van der Waals surface area (Å²) in [4.78, 5) is 18.5. The lowest BCUT2D eigenvalue weighted by atomic mass is 10.1. The van der Waals surface area contributed by atoms with Crippen molar-refractivity contribution in [3.05, 3.63) is 59.9 Å². The average molecular weight is 267 g/mol. The molecule has 1 fully saturated rings. The number of nitrogen functional groups attached to an aromatic ring is 1. The Morgan fingerprint density at radius 3 is 2.65 bits per heavy atom. The Hall–Kier alpha value is -2.36. The molecule has 1 aromatic carbocycles. The fourth-order valence-electron chi connectivity index (χ4n) is 2.30. The molecule has 1 aliphatic carbocycles. The van der Waals surface area contributed by atoms with E-state index >= 15 is 0 Å². The second kappa shape index (κ2) is 5.33. The van der Waals surface area contributed by atoms with Crippen molar-refractivity contribution < 1.29 is 4.79 Å². The number of nitrogens with two attached hydrogens (primary N) is 1. The Kier molecular flexibility index (Phi) is 3.37. The molecule has 1 amide bonds. The Labute approximate surface area is 118 Å². The molecule has 0 bridgehead atoms. The van der Waals surface area contributed by atoms with E-state index in [2.05, 4.69) is 4.98 Å². The first-order valence-corrected chi connectivity index (χ1v) is 6.79. The van der Waals surface area contributed by atoms with E-state index in [-0.39, 0.29) is 5.91 Å². The molecule has 102 valence electrons. The lowest BCUT2D eigenvalue weighted by Gasteiger charge is -2.22. The van der Waals surface area contributed by atoms with Gasteiger partial charge in [0.1, 0.15) is 0 Å². The van der Waals surface area contributed by atoms with E-state index in [1.165, 1.54) is 0 Å². The van der Waals surface area contributed by atoms with Gasteiger partial charge >= 0.3 is 0 Å². The fourth-order valence-corrected chi connectivity index (χ4v) is 2.30. The molecule has 2 aromatic rings. The quantitative estimate of drug-likeness (QED) is 0.866. The number of amides is 1. The molecular weight excluding hydrogens is 250 g/mol. The van der Waals surface area contributed by atoms with Crippen LogP contribution in [0.25, 0.3) is 0 Å². The minimum atomic E-state index is 0.0670. The van der Waals surface area contributed by atoms with Crippen LogP contribution >= 0.6 is 0 Å². The van der Waals surface area contributed by atoms with Crippen LogP contribution in [0, 0.1) is 0 Å². The first-order chi connectivity index (χ1) is 9.74. The van der Waals surface area contributed by atoms with Gasteiger partial charge in [0, 0.05) is 36.2 Å². The van der Waals surface area contributed by atoms with Gasteiger partial charge in [0.15, 0.2) is 0 Å². The second-order valence-corrected chi connectivity index (χ2v) is 5.15. The summed E-state index contributed by atoms with van der Waals surface area (Å²) in [5, 5.41) is 0. The number of benzene rings is 1. The molecule has 20 heavy (non-hydrogen) atoms. The molecule has 1 aromatic heterocycles. The van der Waals surface area contributed by atoms with E-state index in [9.17, 15) is 4.79 Å². The van der Waals surface area contributed by atoms with Crippen LogP contribution in [-0.2, 0) is 6.54 Å². The van der Waals surface area contributed by atoms with Gasteiger partial charge < -0.3 is 10.6 Å². The third kappa shape index (κ3) is 2.79. The number of aromatic nitrogens is 1. The van der Waals surface area contributed by atoms with Crippen LogP contribution in [0.5, 0.6) is 0 Å². The molecule has 1 aliphatic rings. The van der Waals surface area contributed by atoms with Gasteiger partial charge in [-0.1, -0.05) is 12.1 Å². The molecule has 0 unspecified atom stereocenters. The van der Waals surface area contributed by atoms with E-state index in [1.54, 1.807) is 24.5 Å². The van der Waals surface area contributed by atoms with Crippen molar-refractivity contribution >= 4 is 11.6 Å². The largest absolute Gasteiger partial charge is 0.399 e. The summed E-state index contributed by atoms with van der Waals surface area (Å²) in [5.74, 6) is 0.0670. The van der Waals surface area contributed by atoms with Crippen LogP contribution in [0.1, 0.15) is 28.8 Å². The molecule has 0 aliphatic heterocycles. The van der Waals surface area contributed by atoms with Crippen molar-refractivity contribution in [1.29, 1.82) is 0 Å². The van der Waals surface area contributed by atoms with Gasteiger partial charge in [0.2, 0.25) is 0 Å². The van der Waals surface area contributed by atoms with Gasteiger partial charge in [-0.3, -0.25) is 9.78 Å². The third-order valence-electron chi connectivity index (χ3n) is 3.48. The normalized spacial score (nSPS) is 14.0. The monoisotopic (exact) mass is 267 g/mol. The maximum absolute atomic E-state index is 12.6. The van der Waals surface area contributed by atoms with Gasteiger partial charge in [-0.05, 0) is 42.7 Å². The van der Waals surface area contributed by atoms with Gasteiger partial charge in [0.05, 0.1) is 0 Å². The summed E-state index contributed by atoms with van der Waals surface area (Å²) in [5.41, 5.74) is 8.29. The van der Waals surface area contributed by atoms with Gasteiger partial charge in [-0.15, -0.1) is 0 Å². The smallest absolute Gasteiger partial charge is 0.254 e. The summed E-state index contributed by atoms with van der Waals surface area (Å²) >= 11 is 0. The van der Waals surface area contributed by atoms with E-state index < -0.39 is 0 Å². The number of nitrogens with zero attached hydrogens (tertiary/aromatic N) is 2. The Bertz CT molecular complexity index is 608. The van der Waals surface area contributed by atoms with Gasteiger partial charge in [-0.25, -0.2) is 0 Å². The van der Waals surface area contributed by atoms with Crippen LogP contribution in [-0.4, -0.2) is 21.8 Å². The Balaban J connectivity index is 1.81.